The second-order valence-electron chi connectivity index (χ2n) is 8.89. The van der Waals surface area contributed by atoms with Crippen LogP contribution in [-0.4, -0.2) is 94.7 Å². The first-order chi connectivity index (χ1) is 14.4. The molecule has 1 aliphatic carbocycles. The van der Waals surface area contributed by atoms with E-state index in [9.17, 15) is 10.2 Å². The number of nitrogens with one attached hydrogen (secondary N) is 5. The van der Waals surface area contributed by atoms with Gasteiger partial charge in [0.05, 0.1) is 25.0 Å². The number of ether oxygens (including phenoxy) is 2. The molecule has 0 aromatic heterocycles. The van der Waals surface area contributed by atoms with Crippen molar-refractivity contribution in [2.45, 2.75) is 74.4 Å². The monoisotopic (exact) mass is 417 g/mol. The Morgan fingerprint density at radius 3 is 2.87 bits per heavy atom. The molecule has 11 heteroatoms. The summed E-state index contributed by atoms with van der Waals surface area (Å²) in [7, 11) is 11.0. The Morgan fingerprint density at radius 2 is 2.07 bits per heavy atom. The Morgan fingerprint density at radius 1 is 1.20 bits per heavy atom. The van der Waals surface area contributed by atoms with Crippen molar-refractivity contribution in [3.8, 4) is 0 Å². The van der Waals surface area contributed by atoms with Crippen LogP contribution < -0.4 is 26.6 Å². The summed E-state index contributed by atoms with van der Waals surface area (Å²) in [6.45, 7) is 2.27. The lowest BCUT2D eigenvalue weighted by Gasteiger charge is -2.44. The molecule has 4 aliphatic rings. The van der Waals surface area contributed by atoms with Gasteiger partial charge in [0, 0.05) is 30.1 Å². The summed E-state index contributed by atoms with van der Waals surface area (Å²) in [5.41, 5.74) is -0.529. The molecule has 9 nitrogen and oxygen atoms in total. The number of hydrogen-bond acceptors (Lipinski definition) is 9. The van der Waals surface area contributed by atoms with E-state index in [0.717, 1.165) is 38.8 Å². The SMILES string of the molecule is [B]C([B])(O)NC1CC(CO)NC(NC2CC3OCOC3C(C3=CCNCCC3)C2)N1. The number of aliphatic hydroxyl groups is 2. The van der Waals surface area contributed by atoms with E-state index in [2.05, 4.69) is 32.7 Å². The molecule has 7 N–H and O–H groups in total. The lowest BCUT2D eigenvalue weighted by Crippen LogP contribution is -2.71. The fourth-order valence-corrected chi connectivity index (χ4v) is 5.21. The zero-order valence-corrected chi connectivity index (χ0v) is 17.3. The molecule has 3 aliphatic heterocycles. The smallest absolute Gasteiger partial charge is 0.147 e. The first kappa shape index (κ1) is 22.7. The van der Waals surface area contributed by atoms with Gasteiger partial charge in [-0.05, 0) is 38.6 Å². The van der Waals surface area contributed by atoms with Crippen LogP contribution >= 0.6 is 0 Å². The van der Waals surface area contributed by atoms with Gasteiger partial charge in [0.1, 0.15) is 28.8 Å². The second-order valence-corrected chi connectivity index (χ2v) is 8.89. The first-order valence-electron chi connectivity index (χ1n) is 11.0. The predicted molar refractivity (Wildman–Crippen MR) is 113 cm³/mol. The van der Waals surface area contributed by atoms with E-state index in [1.54, 1.807) is 0 Å². The Labute approximate surface area is 180 Å². The van der Waals surface area contributed by atoms with Gasteiger partial charge in [0.2, 0.25) is 0 Å². The zero-order chi connectivity index (χ0) is 21.1. The van der Waals surface area contributed by atoms with Gasteiger partial charge in [0.15, 0.2) is 0 Å². The summed E-state index contributed by atoms with van der Waals surface area (Å²) in [4.78, 5) is 0. The third-order valence-electron chi connectivity index (χ3n) is 6.48. The number of rotatable bonds is 6. The van der Waals surface area contributed by atoms with Crippen LogP contribution in [0.4, 0.5) is 0 Å². The van der Waals surface area contributed by atoms with Crippen LogP contribution in [0.2, 0.25) is 0 Å². The van der Waals surface area contributed by atoms with E-state index in [-0.39, 0.29) is 43.4 Å². The van der Waals surface area contributed by atoms with Crippen molar-refractivity contribution < 1.29 is 19.7 Å². The van der Waals surface area contributed by atoms with Gasteiger partial charge in [-0.25, -0.2) is 0 Å². The maximum absolute atomic E-state index is 9.70. The number of hydrogen-bond donors (Lipinski definition) is 7. The van der Waals surface area contributed by atoms with E-state index >= 15 is 0 Å². The van der Waals surface area contributed by atoms with Crippen LogP contribution in [0.5, 0.6) is 0 Å². The van der Waals surface area contributed by atoms with Gasteiger partial charge in [-0.15, -0.1) is 0 Å². The highest BCUT2D eigenvalue weighted by Crippen LogP contribution is 2.39. The van der Waals surface area contributed by atoms with Crippen molar-refractivity contribution >= 4 is 15.7 Å². The summed E-state index contributed by atoms with van der Waals surface area (Å²) in [5.74, 6) is 0.327. The molecule has 1 saturated carbocycles. The zero-order valence-electron chi connectivity index (χ0n) is 17.3. The van der Waals surface area contributed by atoms with Crippen LogP contribution in [0.25, 0.3) is 0 Å². The summed E-state index contributed by atoms with van der Waals surface area (Å²) >= 11 is 0. The van der Waals surface area contributed by atoms with Gasteiger partial charge < -0.3 is 25.0 Å². The van der Waals surface area contributed by atoms with Gasteiger partial charge in [-0.2, -0.15) is 0 Å². The average Bonchev–Trinajstić information content (AvgIpc) is 2.99. The first-order valence-corrected chi connectivity index (χ1v) is 11.0. The molecule has 4 rings (SSSR count). The van der Waals surface area contributed by atoms with Crippen molar-refractivity contribution in [2.24, 2.45) is 5.92 Å². The van der Waals surface area contributed by atoms with Crippen molar-refractivity contribution in [3.63, 3.8) is 0 Å². The molecule has 7 atom stereocenters. The number of aliphatic hydroxyl groups excluding tert-OH is 1. The molecular formula is C19H33B2N5O4. The molecule has 0 bridgehead atoms. The van der Waals surface area contributed by atoms with Crippen LogP contribution in [0.15, 0.2) is 11.6 Å². The molecular weight excluding hydrogens is 384 g/mol. The molecule has 30 heavy (non-hydrogen) atoms. The van der Waals surface area contributed by atoms with Gasteiger partial charge in [-0.3, -0.25) is 21.3 Å². The molecule has 2 saturated heterocycles. The highest BCUT2D eigenvalue weighted by Gasteiger charge is 2.44. The third kappa shape index (κ3) is 5.85. The van der Waals surface area contributed by atoms with Crippen molar-refractivity contribution in [1.29, 1.82) is 0 Å². The quantitative estimate of drug-likeness (QED) is 0.143. The highest BCUT2D eigenvalue weighted by atomic mass is 16.7. The summed E-state index contributed by atoms with van der Waals surface area (Å²) in [6, 6.07) is 0.0465. The van der Waals surface area contributed by atoms with Gasteiger partial charge in [0.25, 0.3) is 0 Å². The summed E-state index contributed by atoms with van der Waals surface area (Å²) in [6.07, 6.45) is 6.44. The Kier molecular flexibility index (Phi) is 7.55. The standard InChI is InChI=1S/C19H33B2N5O4/c20-19(21,28)26-16-8-13(9-27)24-18(25-16)23-12-6-14(11-2-1-4-22-5-3-11)17-15(7-12)29-10-30-17/h3,12-18,22-28H,1-2,4-10H2. The molecule has 164 valence electrons. The van der Waals surface area contributed by atoms with Crippen molar-refractivity contribution in [3.05, 3.63) is 11.6 Å². The average molecular weight is 417 g/mol. The molecule has 3 heterocycles. The minimum Gasteiger partial charge on any atom is -0.395 e. The molecule has 0 amide bonds. The maximum Gasteiger partial charge on any atom is 0.147 e. The second kappa shape index (κ2) is 9.97. The van der Waals surface area contributed by atoms with Crippen molar-refractivity contribution in [1.82, 2.24) is 26.6 Å². The lowest BCUT2D eigenvalue weighted by molar-refractivity contribution is 0.0303. The molecule has 0 aromatic carbocycles. The minimum atomic E-state index is -1.99. The molecule has 0 spiro atoms. The minimum absolute atomic E-state index is 0.0273. The third-order valence-corrected chi connectivity index (χ3v) is 6.48. The topological polar surface area (TPSA) is 119 Å². The number of fused-ring (bicyclic) bond motifs is 1. The maximum atomic E-state index is 9.70. The van der Waals surface area contributed by atoms with Crippen LogP contribution in [0.3, 0.4) is 0 Å². The van der Waals surface area contributed by atoms with Crippen molar-refractivity contribution in [2.75, 3.05) is 26.5 Å². The fourth-order valence-electron chi connectivity index (χ4n) is 5.21. The molecule has 3 fully saturated rings. The molecule has 0 aromatic rings. The Hall–Kier alpha value is -0.490. The van der Waals surface area contributed by atoms with Crippen LogP contribution in [0, 0.1) is 5.92 Å². The van der Waals surface area contributed by atoms with Crippen LogP contribution in [-0.2, 0) is 9.47 Å². The van der Waals surface area contributed by atoms with Crippen LogP contribution in [0.1, 0.15) is 32.1 Å². The Bertz CT molecular complexity index is 608. The van der Waals surface area contributed by atoms with E-state index in [1.165, 1.54) is 5.57 Å². The molecule has 7 unspecified atom stereocenters. The lowest BCUT2D eigenvalue weighted by atomic mass is 9.73. The van der Waals surface area contributed by atoms with E-state index < -0.39 is 5.52 Å². The van der Waals surface area contributed by atoms with E-state index in [0.29, 0.717) is 19.1 Å². The summed E-state index contributed by atoms with van der Waals surface area (Å²) in [5, 5.41) is 35.8. The largest absolute Gasteiger partial charge is 0.395 e. The highest BCUT2D eigenvalue weighted by molar-refractivity contribution is 6.38. The normalized spacial score (nSPS) is 40.5. The van der Waals surface area contributed by atoms with E-state index in [4.69, 9.17) is 25.2 Å². The Balaban J connectivity index is 1.42. The fraction of sp³-hybridized carbons (Fsp3) is 0.895. The molecule has 4 radical (unpaired) electrons. The van der Waals surface area contributed by atoms with Gasteiger partial charge >= 0.3 is 0 Å². The predicted octanol–water partition coefficient (Wildman–Crippen LogP) is -2.51. The summed E-state index contributed by atoms with van der Waals surface area (Å²) < 4.78 is 11.9. The van der Waals surface area contributed by atoms with E-state index in [1.807, 2.05) is 0 Å². The van der Waals surface area contributed by atoms with Gasteiger partial charge in [-0.1, -0.05) is 11.6 Å².